The fourth-order valence-electron chi connectivity index (χ4n) is 6.48. The molecule has 55 heavy (non-hydrogen) atoms. The van der Waals surface area contributed by atoms with Gasteiger partial charge in [0, 0.05) is 60.8 Å². The van der Waals surface area contributed by atoms with Crippen LogP contribution in [0.15, 0.2) is 29.2 Å². The topological polar surface area (TPSA) is 228 Å². The monoisotopic (exact) mass is 808 g/mol. The Morgan fingerprint density at radius 2 is 1.27 bits per heavy atom. The van der Waals surface area contributed by atoms with Crippen LogP contribution in [0.4, 0.5) is 5.69 Å². The Labute approximate surface area is 334 Å². The van der Waals surface area contributed by atoms with Gasteiger partial charge in [0.1, 0.15) is 5.40 Å². The van der Waals surface area contributed by atoms with Crippen LogP contribution in [0.25, 0.3) is 0 Å². The molecule has 0 saturated carbocycles. The molecule has 308 valence electrons. The Hall–Kier alpha value is -4.02. The largest absolute Gasteiger partial charge is 0.358 e. The Kier molecular flexibility index (Phi) is 18.0. The van der Waals surface area contributed by atoms with Crippen LogP contribution in [0.2, 0.25) is 0 Å². The first-order valence-electron chi connectivity index (χ1n) is 17.9. The second kappa shape index (κ2) is 20.2. The quantitative estimate of drug-likeness (QED) is 0.0305. The molecule has 0 radical (unpaired) electrons. The maximum atomic E-state index is 12.8. The number of thioether (sulfide) groups is 1. The summed E-state index contributed by atoms with van der Waals surface area (Å²) in [5.41, 5.74) is -3.44. The average Bonchev–Trinajstić information content (AvgIpc) is 3.03. The lowest BCUT2D eigenvalue weighted by Gasteiger charge is -2.39. The van der Waals surface area contributed by atoms with Gasteiger partial charge < -0.3 is 21.3 Å². The number of nitrogens with one attached hydrogen (secondary N) is 4. The van der Waals surface area contributed by atoms with Crippen molar-refractivity contribution in [2.24, 2.45) is 5.41 Å². The first-order chi connectivity index (χ1) is 25.0. The Balaban J connectivity index is 2.56. The number of thiocarbonyl (C=S) groups is 1. The standard InChI is InChI=1S/C37H60N8O8S2/c1-25(46)44(52)36(8,9)21-35(6,7)41-29(48)17-19-31(50)45(53)37(10,11)22-39-28(47)16-18-30(49)43(51)23-33(2,3)20-34(4,5)42-32(54)40-26-12-14-27(15-13-26)55-24-38/h12-15,51-53H,16-23H2,1-11H3,(H,39,47)(H,41,48)(H2,40,42,54). The maximum Gasteiger partial charge on any atom is 0.247 e. The zero-order valence-corrected chi connectivity index (χ0v) is 35.6. The third-order valence-electron chi connectivity index (χ3n) is 8.40. The number of hydrogen-bond donors (Lipinski definition) is 7. The second-order valence-electron chi connectivity index (χ2n) is 17.0. The van der Waals surface area contributed by atoms with Crippen LogP contribution in [-0.4, -0.2) is 101 Å². The van der Waals surface area contributed by atoms with Crippen LogP contribution >= 0.6 is 24.0 Å². The van der Waals surface area contributed by atoms with E-state index in [0.29, 0.717) is 26.7 Å². The minimum absolute atomic E-state index is 0.0139. The lowest BCUT2D eigenvalue weighted by molar-refractivity contribution is -0.190. The molecule has 0 unspecified atom stereocenters. The molecule has 18 heteroatoms. The average molecular weight is 809 g/mol. The summed E-state index contributed by atoms with van der Waals surface area (Å²) in [6.07, 6.45) is -0.388. The van der Waals surface area contributed by atoms with Gasteiger partial charge in [0.2, 0.25) is 29.5 Å². The van der Waals surface area contributed by atoms with Crippen LogP contribution in [0.5, 0.6) is 0 Å². The third-order valence-corrected chi connectivity index (χ3v) is 9.20. The summed E-state index contributed by atoms with van der Waals surface area (Å²) < 4.78 is 0. The number of nitriles is 1. The molecular formula is C37H60N8O8S2. The predicted molar refractivity (Wildman–Crippen MR) is 213 cm³/mol. The van der Waals surface area contributed by atoms with E-state index in [9.17, 15) is 39.6 Å². The number of hydroxylamine groups is 6. The first-order valence-corrected chi connectivity index (χ1v) is 19.1. The molecular weight excluding hydrogens is 749 g/mol. The maximum absolute atomic E-state index is 12.8. The number of carbonyl (C=O) groups excluding carboxylic acids is 5. The van der Waals surface area contributed by atoms with Gasteiger partial charge in [-0.15, -0.1) is 0 Å². The molecule has 0 spiro atoms. The van der Waals surface area contributed by atoms with E-state index in [1.807, 2.05) is 57.4 Å². The fourth-order valence-corrected chi connectivity index (χ4v) is 7.25. The predicted octanol–water partition coefficient (Wildman–Crippen LogP) is 4.93. The van der Waals surface area contributed by atoms with E-state index in [2.05, 4.69) is 21.3 Å². The summed E-state index contributed by atoms with van der Waals surface area (Å²) in [5, 5.41) is 55.9. The molecule has 0 aromatic heterocycles. The number of hydrogen-bond acceptors (Lipinski definition) is 11. The van der Waals surface area contributed by atoms with E-state index in [4.69, 9.17) is 17.5 Å². The number of carbonyl (C=O) groups is 5. The third kappa shape index (κ3) is 18.0. The zero-order valence-electron chi connectivity index (χ0n) is 34.0. The van der Waals surface area contributed by atoms with Gasteiger partial charge in [-0.3, -0.25) is 39.6 Å². The Morgan fingerprint density at radius 1 is 0.745 bits per heavy atom. The molecule has 0 aliphatic heterocycles. The van der Waals surface area contributed by atoms with Gasteiger partial charge in [0.05, 0.1) is 17.6 Å². The van der Waals surface area contributed by atoms with Crippen molar-refractivity contribution in [3.8, 4) is 5.40 Å². The highest BCUT2D eigenvalue weighted by molar-refractivity contribution is 8.03. The normalized spacial score (nSPS) is 12.2. The summed E-state index contributed by atoms with van der Waals surface area (Å²) in [5.74, 6) is -2.95. The highest BCUT2D eigenvalue weighted by Crippen LogP contribution is 2.29. The lowest BCUT2D eigenvalue weighted by Crippen LogP contribution is -2.54. The van der Waals surface area contributed by atoms with Crippen molar-refractivity contribution in [3.05, 3.63) is 24.3 Å². The summed E-state index contributed by atoms with van der Waals surface area (Å²) in [4.78, 5) is 63.2. The van der Waals surface area contributed by atoms with Crippen LogP contribution in [-0.2, 0) is 24.0 Å². The Morgan fingerprint density at radius 3 is 1.82 bits per heavy atom. The highest BCUT2D eigenvalue weighted by Gasteiger charge is 2.37. The SMILES string of the molecule is CC(=O)N(O)C(C)(C)CC(C)(C)NC(=O)CCC(=O)N(O)C(C)(C)CNC(=O)CCC(=O)N(O)CC(C)(C)CC(C)(C)NC(=S)Nc1ccc(SC#N)cc1. The van der Waals surface area contributed by atoms with Gasteiger partial charge in [-0.2, -0.15) is 5.26 Å². The molecule has 1 aromatic rings. The van der Waals surface area contributed by atoms with Crippen molar-refractivity contribution in [3.63, 3.8) is 0 Å². The molecule has 1 rings (SSSR count). The molecule has 5 amide bonds. The second-order valence-corrected chi connectivity index (χ2v) is 18.3. The fraction of sp³-hybridized carbons (Fsp3) is 0.649. The van der Waals surface area contributed by atoms with Gasteiger partial charge in [0.25, 0.3) is 0 Å². The van der Waals surface area contributed by atoms with E-state index < -0.39 is 57.1 Å². The number of rotatable bonds is 20. The molecule has 0 aliphatic carbocycles. The summed E-state index contributed by atoms with van der Waals surface area (Å²) in [6, 6.07) is 7.24. The van der Waals surface area contributed by atoms with Gasteiger partial charge in [-0.05, 0) is 122 Å². The molecule has 0 saturated heterocycles. The molecule has 0 atom stereocenters. The van der Waals surface area contributed by atoms with E-state index in [-0.39, 0.29) is 45.2 Å². The summed E-state index contributed by atoms with van der Waals surface area (Å²) >= 11 is 6.55. The number of amides is 5. The van der Waals surface area contributed by atoms with Crippen LogP contribution in [0, 0.1) is 16.1 Å². The van der Waals surface area contributed by atoms with Crippen molar-refractivity contribution >= 4 is 64.3 Å². The van der Waals surface area contributed by atoms with Crippen LogP contribution in [0.1, 0.15) is 115 Å². The number of thiocyanates is 1. The van der Waals surface area contributed by atoms with Crippen LogP contribution in [0.3, 0.4) is 0 Å². The van der Waals surface area contributed by atoms with E-state index in [0.717, 1.165) is 22.3 Å². The zero-order chi connectivity index (χ0) is 42.6. The van der Waals surface area contributed by atoms with Gasteiger partial charge >= 0.3 is 0 Å². The smallest absolute Gasteiger partial charge is 0.247 e. The highest BCUT2D eigenvalue weighted by atomic mass is 32.2. The minimum Gasteiger partial charge on any atom is -0.358 e. The van der Waals surface area contributed by atoms with Gasteiger partial charge in [-0.25, -0.2) is 15.2 Å². The first kappa shape index (κ1) is 49.0. The van der Waals surface area contributed by atoms with Gasteiger partial charge in [0.15, 0.2) is 5.11 Å². The van der Waals surface area contributed by atoms with Crippen LogP contribution < -0.4 is 21.3 Å². The number of anilines is 1. The molecule has 0 heterocycles. The molecule has 0 bridgehead atoms. The molecule has 7 N–H and O–H groups in total. The molecule has 16 nitrogen and oxygen atoms in total. The van der Waals surface area contributed by atoms with E-state index >= 15 is 0 Å². The van der Waals surface area contributed by atoms with Crippen molar-refractivity contribution in [2.45, 2.75) is 142 Å². The summed E-state index contributed by atoms with van der Waals surface area (Å²) in [6.45, 7) is 18.5. The molecule has 0 aliphatic rings. The number of benzene rings is 1. The Bertz CT molecular complexity index is 1580. The molecule has 0 fully saturated rings. The van der Waals surface area contributed by atoms with Gasteiger partial charge in [-0.1, -0.05) is 13.8 Å². The minimum atomic E-state index is -1.26. The van der Waals surface area contributed by atoms with Crippen molar-refractivity contribution < 1.29 is 39.6 Å². The van der Waals surface area contributed by atoms with E-state index in [1.54, 1.807) is 27.7 Å². The number of nitrogens with zero attached hydrogens (tertiary/aromatic N) is 4. The lowest BCUT2D eigenvalue weighted by atomic mass is 9.80. The van der Waals surface area contributed by atoms with Crippen molar-refractivity contribution in [1.29, 1.82) is 5.26 Å². The van der Waals surface area contributed by atoms with E-state index in [1.165, 1.54) is 20.8 Å². The van der Waals surface area contributed by atoms with Crippen molar-refractivity contribution in [2.75, 3.05) is 18.4 Å². The van der Waals surface area contributed by atoms with Crippen molar-refractivity contribution in [1.82, 2.24) is 31.1 Å². The molecule has 1 aromatic carbocycles. The summed E-state index contributed by atoms with van der Waals surface area (Å²) in [7, 11) is 0.